The maximum atomic E-state index is 13.2. The summed E-state index contributed by atoms with van der Waals surface area (Å²) in [5, 5.41) is 19.5. The fraction of sp³-hybridized carbons (Fsp3) is 0.250. The Morgan fingerprint density at radius 1 is 1.03 bits per heavy atom. The molecule has 4 aromatic rings. The Morgan fingerprint density at radius 3 is 2.29 bits per heavy atom. The number of hydrogen-bond acceptors (Lipinski definition) is 4. The third kappa shape index (κ3) is 5.64. The normalized spacial score (nSPS) is 11.7. The van der Waals surface area contributed by atoms with Crippen LogP contribution >= 0.6 is 0 Å². The molecule has 0 spiro atoms. The second-order valence-corrected chi connectivity index (χ2v) is 9.06. The SMILES string of the molecule is CC(C)Oc1ccc(-c2c(-c3ccc(C(F)(F)F)cn3)ccc3[nH]c(C(=O)O)c(CCCC(=O)O)c23)cc1. The van der Waals surface area contributed by atoms with E-state index in [2.05, 4.69) is 9.97 Å². The number of aromatic carboxylic acids is 1. The van der Waals surface area contributed by atoms with Crippen LogP contribution in [0, 0.1) is 0 Å². The van der Waals surface area contributed by atoms with Crippen LogP contribution in [-0.2, 0) is 17.4 Å². The van der Waals surface area contributed by atoms with Crippen LogP contribution in [0.3, 0.4) is 0 Å². The first-order valence-electron chi connectivity index (χ1n) is 11.9. The van der Waals surface area contributed by atoms with Gasteiger partial charge in [0.2, 0.25) is 0 Å². The minimum atomic E-state index is -4.54. The highest BCUT2D eigenvalue weighted by Crippen LogP contribution is 2.41. The van der Waals surface area contributed by atoms with Crippen molar-refractivity contribution >= 4 is 22.8 Å². The topological polar surface area (TPSA) is 113 Å². The number of hydrogen-bond donors (Lipinski definition) is 3. The summed E-state index contributed by atoms with van der Waals surface area (Å²) in [5.74, 6) is -1.59. The average molecular weight is 527 g/mol. The molecule has 3 N–H and O–H groups in total. The monoisotopic (exact) mass is 526 g/mol. The van der Waals surface area contributed by atoms with Gasteiger partial charge in [0.05, 0.1) is 17.4 Å². The molecule has 10 heteroatoms. The van der Waals surface area contributed by atoms with E-state index in [1.165, 1.54) is 6.07 Å². The molecule has 2 aromatic heterocycles. The van der Waals surface area contributed by atoms with E-state index in [1.54, 1.807) is 36.4 Å². The number of H-pyrrole nitrogens is 1. The second kappa shape index (κ2) is 10.6. The van der Waals surface area contributed by atoms with Crippen LogP contribution in [0.2, 0.25) is 0 Å². The Bertz CT molecular complexity index is 1470. The summed E-state index contributed by atoms with van der Waals surface area (Å²) in [7, 11) is 0. The molecule has 0 aliphatic heterocycles. The van der Waals surface area contributed by atoms with E-state index in [4.69, 9.17) is 9.84 Å². The molecule has 0 aliphatic carbocycles. The van der Waals surface area contributed by atoms with E-state index in [0.29, 0.717) is 38.9 Å². The number of carbonyl (C=O) groups is 2. The summed E-state index contributed by atoms with van der Waals surface area (Å²) < 4.78 is 45.2. The summed E-state index contributed by atoms with van der Waals surface area (Å²) in [5.41, 5.74) is 1.97. The molecule has 0 bridgehead atoms. The first-order chi connectivity index (χ1) is 18.0. The number of alkyl halides is 3. The van der Waals surface area contributed by atoms with Crippen molar-refractivity contribution in [1.82, 2.24) is 9.97 Å². The van der Waals surface area contributed by atoms with Gasteiger partial charge in [0, 0.05) is 34.6 Å². The maximum Gasteiger partial charge on any atom is 0.417 e. The molecule has 0 fully saturated rings. The number of nitrogens with one attached hydrogen (secondary N) is 1. The molecule has 0 aliphatic rings. The van der Waals surface area contributed by atoms with E-state index in [-0.39, 0.29) is 36.8 Å². The summed E-state index contributed by atoms with van der Waals surface area (Å²) >= 11 is 0. The molecule has 7 nitrogen and oxygen atoms in total. The van der Waals surface area contributed by atoms with Crippen molar-refractivity contribution in [1.29, 1.82) is 0 Å². The number of carboxylic acid groups (broad SMARTS) is 2. The van der Waals surface area contributed by atoms with Gasteiger partial charge in [0.1, 0.15) is 11.4 Å². The van der Waals surface area contributed by atoms with Crippen LogP contribution in [0.4, 0.5) is 13.2 Å². The van der Waals surface area contributed by atoms with Gasteiger partial charge in [0.25, 0.3) is 0 Å². The van der Waals surface area contributed by atoms with Gasteiger partial charge in [-0.2, -0.15) is 13.2 Å². The number of aryl methyl sites for hydroxylation is 1. The molecular weight excluding hydrogens is 501 g/mol. The number of nitrogens with zero attached hydrogens (tertiary/aromatic N) is 1. The van der Waals surface area contributed by atoms with Gasteiger partial charge in [0.15, 0.2) is 0 Å². The number of halogens is 3. The fourth-order valence-corrected chi connectivity index (χ4v) is 4.41. The fourth-order valence-electron chi connectivity index (χ4n) is 4.41. The molecule has 198 valence electrons. The van der Waals surface area contributed by atoms with Crippen molar-refractivity contribution in [2.75, 3.05) is 0 Å². The molecule has 4 rings (SSSR count). The number of fused-ring (bicyclic) bond motifs is 1. The number of benzene rings is 2. The molecule has 2 aromatic carbocycles. The Kier molecular flexibility index (Phi) is 7.43. The van der Waals surface area contributed by atoms with Crippen molar-refractivity contribution in [3.05, 3.63) is 71.5 Å². The number of aromatic nitrogens is 2. The Hall–Kier alpha value is -4.34. The Morgan fingerprint density at radius 2 is 1.74 bits per heavy atom. The van der Waals surface area contributed by atoms with Crippen molar-refractivity contribution in [3.8, 4) is 28.1 Å². The van der Waals surface area contributed by atoms with Gasteiger partial charge >= 0.3 is 18.1 Å². The van der Waals surface area contributed by atoms with Gasteiger partial charge in [-0.15, -0.1) is 0 Å². The lowest BCUT2D eigenvalue weighted by Crippen LogP contribution is -2.05. The molecule has 0 saturated heterocycles. The lowest BCUT2D eigenvalue weighted by molar-refractivity contribution is -0.138. The lowest BCUT2D eigenvalue weighted by Gasteiger charge is -2.15. The number of ether oxygens (including phenoxy) is 1. The summed E-state index contributed by atoms with van der Waals surface area (Å²) in [6.07, 6.45) is -3.62. The van der Waals surface area contributed by atoms with Gasteiger partial charge in [-0.3, -0.25) is 9.78 Å². The van der Waals surface area contributed by atoms with Crippen LogP contribution < -0.4 is 4.74 Å². The van der Waals surface area contributed by atoms with Crippen molar-refractivity contribution in [2.24, 2.45) is 0 Å². The van der Waals surface area contributed by atoms with Crippen LogP contribution in [0.25, 0.3) is 33.3 Å². The van der Waals surface area contributed by atoms with Crippen molar-refractivity contribution in [2.45, 2.75) is 45.4 Å². The standard InChI is InChI=1S/C28H25F3N2O5/c1-15(2)38-18-9-6-16(7-10-18)24-19(21-12-8-17(14-32-21)28(29,30)31)11-13-22-25(24)20(4-3-5-23(34)35)26(33-22)27(36)37/h6-15,33H,3-5H2,1-2H3,(H,34,35)(H,36,37). The predicted octanol–water partition coefficient (Wildman–Crippen LogP) is 6.81. The van der Waals surface area contributed by atoms with Crippen LogP contribution in [0.5, 0.6) is 5.75 Å². The van der Waals surface area contributed by atoms with Crippen LogP contribution in [0.15, 0.2) is 54.7 Å². The minimum Gasteiger partial charge on any atom is -0.491 e. The third-order valence-corrected chi connectivity index (χ3v) is 5.98. The Labute approximate surface area is 215 Å². The quantitative estimate of drug-likeness (QED) is 0.221. The first-order valence-corrected chi connectivity index (χ1v) is 11.9. The smallest absolute Gasteiger partial charge is 0.417 e. The highest BCUT2D eigenvalue weighted by atomic mass is 19.4. The predicted molar refractivity (Wildman–Crippen MR) is 135 cm³/mol. The summed E-state index contributed by atoms with van der Waals surface area (Å²) in [6.45, 7) is 3.78. The largest absolute Gasteiger partial charge is 0.491 e. The van der Waals surface area contributed by atoms with Crippen LogP contribution in [-0.4, -0.2) is 38.2 Å². The average Bonchev–Trinajstić information content (AvgIpc) is 3.22. The van der Waals surface area contributed by atoms with Crippen molar-refractivity contribution in [3.63, 3.8) is 0 Å². The molecule has 0 radical (unpaired) electrons. The minimum absolute atomic E-state index is 0.0557. The zero-order chi connectivity index (χ0) is 27.6. The number of aliphatic carboxylic acids is 1. The third-order valence-electron chi connectivity index (χ3n) is 5.98. The first kappa shape index (κ1) is 26.7. The molecule has 2 heterocycles. The highest BCUT2D eigenvalue weighted by molar-refractivity contribution is 6.08. The van der Waals surface area contributed by atoms with Gasteiger partial charge in [-0.1, -0.05) is 18.2 Å². The van der Waals surface area contributed by atoms with E-state index >= 15 is 0 Å². The van der Waals surface area contributed by atoms with Gasteiger partial charge in [-0.05, 0) is 68.1 Å². The molecule has 0 saturated carbocycles. The van der Waals surface area contributed by atoms with E-state index in [0.717, 1.165) is 12.3 Å². The molecule has 0 atom stereocenters. The number of aromatic amines is 1. The maximum absolute atomic E-state index is 13.2. The van der Waals surface area contributed by atoms with Gasteiger partial charge in [-0.25, -0.2) is 4.79 Å². The number of rotatable bonds is 9. The molecule has 0 amide bonds. The molecular formula is C28H25F3N2O5. The van der Waals surface area contributed by atoms with E-state index in [1.807, 2.05) is 13.8 Å². The Balaban J connectivity index is 1.97. The lowest BCUT2D eigenvalue weighted by atomic mass is 9.90. The number of pyridine rings is 1. The molecule has 0 unspecified atom stereocenters. The zero-order valence-corrected chi connectivity index (χ0v) is 20.6. The summed E-state index contributed by atoms with van der Waals surface area (Å²) in [6, 6.07) is 12.6. The molecule has 38 heavy (non-hydrogen) atoms. The highest BCUT2D eigenvalue weighted by Gasteiger charge is 2.31. The van der Waals surface area contributed by atoms with E-state index < -0.39 is 23.7 Å². The summed E-state index contributed by atoms with van der Waals surface area (Å²) in [4.78, 5) is 30.2. The number of carboxylic acids is 2. The second-order valence-electron chi connectivity index (χ2n) is 9.06. The zero-order valence-electron chi connectivity index (χ0n) is 20.6. The van der Waals surface area contributed by atoms with Gasteiger partial charge < -0.3 is 19.9 Å². The van der Waals surface area contributed by atoms with E-state index in [9.17, 15) is 27.9 Å². The van der Waals surface area contributed by atoms with Crippen molar-refractivity contribution < 1.29 is 37.7 Å². The van der Waals surface area contributed by atoms with Crippen LogP contribution in [0.1, 0.15) is 48.3 Å².